The van der Waals surface area contributed by atoms with Gasteiger partial charge in [-0.3, -0.25) is 0 Å². The smallest absolute Gasteiger partial charge is 0.0897 e. The van der Waals surface area contributed by atoms with Crippen molar-refractivity contribution in [1.82, 2.24) is 5.32 Å². The molecule has 0 aliphatic heterocycles. The molecular weight excluding hydrogens is 190 g/mol. The first-order chi connectivity index (χ1) is 7.22. The van der Waals surface area contributed by atoms with Gasteiger partial charge in [-0.05, 0) is 26.2 Å². The molecule has 2 unspecified atom stereocenters. The molecule has 2 atom stereocenters. The third kappa shape index (κ3) is 5.50. The highest BCUT2D eigenvalue weighted by Gasteiger charge is 2.16. The molecule has 1 aliphatic rings. The van der Waals surface area contributed by atoms with Crippen LogP contribution >= 0.6 is 0 Å². The van der Waals surface area contributed by atoms with Crippen molar-refractivity contribution in [3.63, 3.8) is 0 Å². The lowest BCUT2D eigenvalue weighted by molar-refractivity contribution is -0.00610. The molecule has 0 radical (unpaired) electrons. The van der Waals surface area contributed by atoms with E-state index >= 15 is 0 Å². The zero-order valence-electron chi connectivity index (χ0n) is 10.0. The summed E-state index contributed by atoms with van der Waals surface area (Å²) >= 11 is 0. The van der Waals surface area contributed by atoms with E-state index in [9.17, 15) is 5.11 Å². The zero-order valence-corrected chi connectivity index (χ0v) is 10.0. The number of nitrogens with one attached hydrogen (secondary N) is 1. The molecular formula is C12H25NO2. The van der Waals surface area contributed by atoms with Crippen LogP contribution in [0.4, 0.5) is 0 Å². The molecule has 0 aromatic heterocycles. The van der Waals surface area contributed by atoms with E-state index < -0.39 is 0 Å². The van der Waals surface area contributed by atoms with Crippen molar-refractivity contribution in [2.75, 3.05) is 13.2 Å². The molecule has 1 fully saturated rings. The molecule has 1 aliphatic carbocycles. The Kier molecular flexibility index (Phi) is 6.22. The van der Waals surface area contributed by atoms with Gasteiger partial charge in [0.25, 0.3) is 0 Å². The molecule has 0 aromatic rings. The van der Waals surface area contributed by atoms with Crippen LogP contribution < -0.4 is 5.32 Å². The maximum absolute atomic E-state index is 9.67. The van der Waals surface area contributed by atoms with Crippen LogP contribution in [0.2, 0.25) is 0 Å². The minimum absolute atomic E-state index is 0.361. The highest BCUT2D eigenvalue weighted by Crippen LogP contribution is 2.20. The molecule has 3 nitrogen and oxygen atoms in total. The summed E-state index contributed by atoms with van der Waals surface area (Å²) in [7, 11) is 0. The topological polar surface area (TPSA) is 41.5 Å². The van der Waals surface area contributed by atoms with Gasteiger partial charge in [-0.2, -0.15) is 0 Å². The van der Waals surface area contributed by atoms with Gasteiger partial charge >= 0.3 is 0 Å². The van der Waals surface area contributed by atoms with Crippen LogP contribution in [0.3, 0.4) is 0 Å². The average molecular weight is 215 g/mol. The molecule has 0 spiro atoms. The quantitative estimate of drug-likeness (QED) is 0.679. The summed E-state index contributed by atoms with van der Waals surface area (Å²) in [6.07, 6.45) is 6.05. The van der Waals surface area contributed by atoms with Gasteiger partial charge in [-0.15, -0.1) is 0 Å². The lowest BCUT2D eigenvalue weighted by Crippen LogP contribution is -2.36. The normalized spacial score (nSPS) is 21.8. The Morgan fingerprint density at radius 1 is 1.40 bits per heavy atom. The molecule has 1 saturated carbocycles. The Balaban J connectivity index is 1.99. The van der Waals surface area contributed by atoms with E-state index in [0.717, 1.165) is 6.42 Å². The molecule has 15 heavy (non-hydrogen) atoms. The van der Waals surface area contributed by atoms with Gasteiger partial charge in [-0.25, -0.2) is 0 Å². The van der Waals surface area contributed by atoms with Gasteiger partial charge in [0.1, 0.15) is 0 Å². The minimum atomic E-state index is -0.361. The van der Waals surface area contributed by atoms with Crippen molar-refractivity contribution in [2.45, 2.75) is 64.2 Å². The van der Waals surface area contributed by atoms with Crippen molar-refractivity contribution >= 4 is 0 Å². The maximum atomic E-state index is 9.67. The molecule has 0 heterocycles. The van der Waals surface area contributed by atoms with Gasteiger partial charge < -0.3 is 15.2 Å². The lowest BCUT2D eigenvalue weighted by Gasteiger charge is -2.18. The fraction of sp³-hybridized carbons (Fsp3) is 1.00. The Labute approximate surface area is 93.2 Å². The molecule has 0 amide bonds. The van der Waals surface area contributed by atoms with Crippen molar-refractivity contribution in [1.29, 1.82) is 0 Å². The standard InChI is InChI=1S/C12H25NO2/c1-3-10(2)13-8-11(14)9-15-12-6-4-5-7-12/h10-14H,3-9H2,1-2H3. The number of hydrogen-bond acceptors (Lipinski definition) is 3. The monoisotopic (exact) mass is 215 g/mol. The summed E-state index contributed by atoms with van der Waals surface area (Å²) < 4.78 is 5.64. The van der Waals surface area contributed by atoms with Gasteiger partial charge in [0, 0.05) is 12.6 Å². The maximum Gasteiger partial charge on any atom is 0.0897 e. The first kappa shape index (κ1) is 12.9. The third-order valence-electron chi connectivity index (χ3n) is 3.14. The SMILES string of the molecule is CCC(C)NCC(O)COC1CCCC1. The van der Waals surface area contributed by atoms with Crippen molar-refractivity contribution in [3.05, 3.63) is 0 Å². The van der Waals surface area contributed by atoms with E-state index in [-0.39, 0.29) is 6.10 Å². The molecule has 0 bridgehead atoms. The fourth-order valence-electron chi connectivity index (χ4n) is 1.84. The molecule has 0 aromatic carbocycles. The second-order valence-electron chi connectivity index (χ2n) is 4.61. The molecule has 2 N–H and O–H groups in total. The van der Waals surface area contributed by atoms with Crippen LogP contribution in [0, 0.1) is 0 Å². The first-order valence-electron chi connectivity index (χ1n) is 6.25. The summed E-state index contributed by atoms with van der Waals surface area (Å²) in [4.78, 5) is 0. The highest BCUT2D eigenvalue weighted by molar-refractivity contribution is 4.69. The Morgan fingerprint density at radius 3 is 2.67 bits per heavy atom. The molecule has 3 heteroatoms. The Bertz CT molecular complexity index is 158. The van der Waals surface area contributed by atoms with Crippen molar-refractivity contribution in [2.24, 2.45) is 0 Å². The molecule has 90 valence electrons. The predicted molar refractivity (Wildman–Crippen MR) is 62.0 cm³/mol. The van der Waals surface area contributed by atoms with Crippen LogP contribution in [0.15, 0.2) is 0 Å². The molecule has 1 rings (SSSR count). The Morgan fingerprint density at radius 2 is 2.07 bits per heavy atom. The number of rotatable bonds is 7. The van der Waals surface area contributed by atoms with Crippen molar-refractivity contribution < 1.29 is 9.84 Å². The second-order valence-corrected chi connectivity index (χ2v) is 4.61. The zero-order chi connectivity index (χ0) is 11.1. The second kappa shape index (κ2) is 7.20. The summed E-state index contributed by atoms with van der Waals surface area (Å²) in [6, 6.07) is 0.478. The summed E-state index contributed by atoms with van der Waals surface area (Å²) in [5.41, 5.74) is 0. The fourth-order valence-corrected chi connectivity index (χ4v) is 1.84. The predicted octanol–water partition coefficient (Wildman–Crippen LogP) is 1.69. The number of ether oxygens (including phenoxy) is 1. The minimum Gasteiger partial charge on any atom is -0.389 e. The van der Waals surface area contributed by atoms with Crippen molar-refractivity contribution in [3.8, 4) is 0 Å². The van der Waals surface area contributed by atoms with Gasteiger partial charge in [0.05, 0.1) is 18.8 Å². The first-order valence-corrected chi connectivity index (χ1v) is 6.25. The van der Waals surface area contributed by atoms with Gasteiger partial charge in [0.15, 0.2) is 0 Å². The molecule has 0 saturated heterocycles. The van der Waals surface area contributed by atoms with Gasteiger partial charge in [-0.1, -0.05) is 19.8 Å². The van der Waals surface area contributed by atoms with E-state index in [0.29, 0.717) is 25.3 Å². The van der Waals surface area contributed by atoms with E-state index in [1.165, 1.54) is 25.7 Å². The number of aliphatic hydroxyl groups is 1. The van der Waals surface area contributed by atoms with E-state index in [1.54, 1.807) is 0 Å². The van der Waals surface area contributed by atoms with E-state index in [1.807, 2.05) is 0 Å². The van der Waals surface area contributed by atoms with E-state index in [4.69, 9.17) is 4.74 Å². The average Bonchev–Trinajstić information content (AvgIpc) is 2.75. The number of hydrogen-bond donors (Lipinski definition) is 2. The van der Waals surface area contributed by atoms with Gasteiger partial charge in [0.2, 0.25) is 0 Å². The summed E-state index contributed by atoms with van der Waals surface area (Å²) in [5.74, 6) is 0. The number of aliphatic hydroxyl groups excluding tert-OH is 1. The van der Waals surface area contributed by atoms with Crippen LogP contribution in [0.1, 0.15) is 46.0 Å². The van der Waals surface area contributed by atoms with E-state index in [2.05, 4.69) is 19.2 Å². The third-order valence-corrected chi connectivity index (χ3v) is 3.14. The highest BCUT2D eigenvalue weighted by atomic mass is 16.5. The van der Waals surface area contributed by atoms with Crippen LogP contribution in [0.5, 0.6) is 0 Å². The van der Waals surface area contributed by atoms with Crippen LogP contribution in [-0.4, -0.2) is 36.5 Å². The Hall–Kier alpha value is -0.120. The van der Waals surface area contributed by atoms with Crippen LogP contribution in [-0.2, 0) is 4.74 Å². The van der Waals surface area contributed by atoms with Crippen LogP contribution in [0.25, 0.3) is 0 Å². The summed E-state index contributed by atoms with van der Waals surface area (Å²) in [5, 5.41) is 12.9. The lowest BCUT2D eigenvalue weighted by atomic mass is 10.2. The summed E-state index contributed by atoms with van der Waals surface area (Å²) in [6.45, 7) is 5.39. The largest absolute Gasteiger partial charge is 0.389 e.